The number of allylic oxidation sites excluding steroid dienone is 2. The summed E-state index contributed by atoms with van der Waals surface area (Å²) in [5, 5.41) is 0. The van der Waals surface area contributed by atoms with Crippen molar-refractivity contribution in [1.29, 1.82) is 0 Å². The number of benzene rings is 1. The summed E-state index contributed by atoms with van der Waals surface area (Å²) in [4.78, 5) is 22.8. The van der Waals surface area contributed by atoms with Crippen molar-refractivity contribution in [1.82, 2.24) is 0 Å². The lowest BCUT2D eigenvalue weighted by atomic mass is 10.1. The van der Waals surface area contributed by atoms with E-state index in [2.05, 4.69) is 6.92 Å². The Kier molecular flexibility index (Phi) is 15.5. The van der Waals surface area contributed by atoms with Crippen LogP contribution in [0.2, 0.25) is 0 Å². The quantitative estimate of drug-likeness (QED) is 0.153. The van der Waals surface area contributed by atoms with Gasteiger partial charge in [-0.1, -0.05) is 75.5 Å². The highest BCUT2D eigenvalue weighted by Crippen LogP contribution is 2.20. The van der Waals surface area contributed by atoms with Crippen LogP contribution in [-0.4, -0.2) is 31.3 Å². The van der Waals surface area contributed by atoms with E-state index in [0.717, 1.165) is 24.2 Å². The fraction of sp³-hybridized carbons (Fsp3) is 0.556. The number of hydrogen-bond acceptors (Lipinski definition) is 5. The van der Waals surface area contributed by atoms with Gasteiger partial charge in [0.15, 0.2) is 0 Å². The second kappa shape index (κ2) is 18.1. The highest BCUT2D eigenvalue weighted by atomic mass is 16.5. The summed E-state index contributed by atoms with van der Waals surface area (Å²) in [5.41, 5.74) is 0.952. The molecule has 0 aliphatic heterocycles. The van der Waals surface area contributed by atoms with Crippen molar-refractivity contribution >= 4 is 18.0 Å². The Balaban J connectivity index is 2.52. The van der Waals surface area contributed by atoms with Gasteiger partial charge in [0.05, 0.1) is 13.2 Å². The Morgan fingerprint density at radius 2 is 1.72 bits per heavy atom. The Morgan fingerprint density at radius 3 is 2.47 bits per heavy atom. The van der Waals surface area contributed by atoms with E-state index in [4.69, 9.17) is 14.2 Å². The summed E-state index contributed by atoms with van der Waals surface area (Å²) in [5.74, 6) is 0.318. The number of hydrogen-bond donors (Lipinski definition) is 0. The maximum atomic E-state index is 11.4. The Morgan fingerprint density at radius 1 is 0.969 bits per heavy atom. The zero-order valence-corrected chi connectivity index (χ0v) is 20.0. The van der Waals surface area contributed by atoms with Crippen LogP contribution in [0.4, 0.5) is 0 Å². The summed E-state index contributed by atoms with van der Waals surface area (Å²) >= 11 is 0. The number of carbonyl (C=O) groups excluding carboxylic acids is 2. The van der Waals surface area contributed by atoms with E-state index in [0.29, 0.717) is 26.1 Å². The molecule has 0 amide bonds. The number of rotatable bonds is 17. The lowest BCUT2D eigenvalue weighted by molar-refractivity contribution is -0.145. The molecule has 1 atom stereocenters. The molecule has 32 heavy (non-hydrogen) atoms. The molecule has 1 aromatic carbocycles. The van der Waals surface area contributed by atoms with Crippen molar-refractivity contribution in [3.63, 3.8) is 0 Å². The zero-order valence-electron chi connectivity index (χ0n) is 20.0. The number of para-hydroxylation sites is 1. The van der Waals surface area contributed by atoms with Crippen molar-refractivity contribution in [2.75, 3.05) is 13.2 Å². The van der Waals surface area contributed by atoms with Crippen LogP contribution in [0.25, 0.3) is 6.08 Å². The summed E-state index contributed by atoms with van der Waals surface area (Å²) in [6.45, 7) is 6.32. The number of carbonyl (C=O) groups is 2. The third kappa shape index (κ3) is 13.7. The van der Waals surface area contributed by atoms with Gasteiger partial charge in [-0.05, 0) is 38.3 Å². The van der Waals surface area contributed by atoms with Crippen LogP contribution in [0, 0.1) is 0 Å². The molecular formula is C27H40O5. The Labute approximate surface area is 193 Å². The first-order valence-electron chi connectivity index (χ1n) is 12.0. The van der Waals surface area contributed by atoms with Crippen LogP contribution >= 0.6 is 0 Å². The molecule has 0 spiro atoms. The molecule has 1 rings (SSSR count). The highest BCUT2D eigenvalue weighted by molar-refractivity contribution is 5.69. The van der Waals surface area contributed by atoms with Crippen LogP contribution in [0.3, 0.4) is 0 Å². The van der Waals surface area contributed by atoms with E-state index in [1.54, 1.807) is 6.92 Å². The van der Waals surface area contributed by atoms with Gasteiger partial charge in [-0.3, -0.25) is 9.59 Å². The predicted molar refractivity (Wildman–Crippen MR) is 130 cm³/mol. The van der Waals surface area contributed by atoms with Gasteiger partial charge >= 0.3 is 11.9 Å². The zero-order chi connectivity index (χ0) is 23.4. The predicted octanol–water partition coefficient (Wildman–Crippen LogP) is 6.66. The minimum atomic E-state index is -0.254. The molecule has 0 aliphatic rings. The van der Waals surface area contributed by atoms with E-state index < -0.39 is 0 Å². The maximum Gasteiger partial charge on any atom is 0.305 e. The molecular weight excluding hydrogens is 404 g/mol. The lowest BCUT2D eigenvalue weighted by Crippen LogP contribution is -2.13. The first-order valence-corrected chi connectivity index (χ1v) is 12.0. The van der Waals surface area contributed by atoms with Gasteiger partial charge in [0.2, 0.25) is 0 Å². The average molecular weight is 445 g/mol. The van der Waals surface area contributed by atoms with Crippen LogP contribution in [-0.2, 0) is 19.1 Å². The van der Waals surface area contributed by atoms with E-state index in [-0.39, 0.29) is 18.0 Å². The molecule has 0 heterocycles. The first-order chi connectivity index (χ1) is 15.6. The third-order valence-electron chi connectivity index (χ3n) is 4.88. The van der Waals surface area contributed by atoms with Crippen molar-refractivity contribution in [3.8, 4) is 5.75 Å². The van der Waals surface area contributed by atoms with Gasteiger partial charge in [-0.15, -0.1) is 0 Å². The molecule has 0 bridgehead atoms. The third-order valence-corrected chi connectivity index (χ3v) is 4.88. The summed E-state index contributed by atoms with van der Waals surface area (Å²) < 4.78 is 16.2. The molecule has 0 radical (unpaired) electrons. The van der Waals surface area contributed by atoms with E-state index in [9.17, 15) is 9.59 Å². The standard InChI is InChI=1S/C27H40O5/c1-4-6-7-8-9-10-18-25(32-23(3)28)19-13-11-16-24-17-12-14-20-26(24)31-22-15-21-27(29)30-5-2/h11-14,16-17,19-20,25H,4-10,15,18,21-22H2,1-3H3/b16-11+,19-13+/t25-/m0/s1. The second-order valence-corrected chi connectivity index (χ2v) is 7.74. The van der Waals surface area contributed by atoms with E-state index in [1.807, 2.05) is 48.6 Å². The van der Waals surface area contributed by atoms with Gasteiger partial charge in [-0.2, -0.15) is 0 Å². The smallest absolute Gasteiger partial charge is 0.305 e. The van der Waals surface area contributed by atoms with Gasteiger partial charge in [-0.25, -0.2) is 0 Å². The molecule has 0 saturated heterocycles. The summed E-state index contributed by atoms with van der Waals surface area (Å²) in [6.07, 6.45) is 16.6. The molecule has 0 saturated carbocycles. The van der Waals surface area contributed by atoms with Gasteiger partial charge in [0, 0.05) is 18.9 Å². The molecule has 5 nitrogen and oxygen atoms in total. The Hall–Kier alpha value is -2.56. The molecule has 0 aromatic heterocycles. The molecule has 0 N–H and O–H groups in total. The van der Waals surface area contributed by atoms with E-state index >= 15 is 0 Å². The molecule has 0 unspecified atom stereocenters. The number of esters is 2. The van der Waals surface area contributed by atoms with Crippen LogP contribution in [0.5, 0.6) is 5.75 Å². The minimum Gasteiger partial charge on any atom is -0.493 e. The summed E-state index contributed by atoms with van der Waals surface area (Å²) in [7, 11) is 0. The first kappa shape index (κ1) is 27.5. The van der Waals surface area contributed by atoms with Gasteiger partial charge in [0.25, 0.3) is 0 Å². The highest BCUT2D eigenvalue weighted by Gasteiger charge is 2.07. The SMILES string of the molecule is CCCCCCCC[C@@H](/C=C/C=C/c1ccccc1OCCCC(=O)OCC)OC(C)=O. The maximum absolute atomic E-state index is 11.4. The van der Waals surface area contributed by atoms with Crippen molar-refractivity contribution in [2.24, 2.45) is 0 Å². The molecule has 178 valence electrons. The van der Waals surface area contributed by atoms with Crippen LogP contribution in [0.1, 0.15) is 84.1 Å². The van der Waals surface area contributed by atoms with E-state index in [1.165, 1.54) is 39.0 Å². The fourth-order valence-electron chi connectivity index (χ4n) is 3.26. The van der Waals surface area contributed by atoms with Crippen molar-refractivity contribution in [2.45, 2.75) is 84.7 Å². The lowest BCUT2D eigenvalue weighted by Gasteiger charge is -2.12. The normalized spacial score (nSPS) is 12.2. The average Bonchev–Trinajstić information content (AvgIpc) is 2.77. The molecule has 0 fully saturated rings. The van der Waals surface area contributed by atoms with Crippen molar-refractivity contribution in [3.05, 3.63) is 48.1 Å². The minimum absolute atomic E-state index is 0.197. The molecule has 0 aliphatic carbocycles. The largest absolute Gasteiger partial charge is 0.493 e. The Bertz CT molecular complexity index is 708. The van der Waals surface area contributed by atoms with Gasteiger partial charge in [0.1, 0.15) is 11.9 Å². The summed E-state index contributed by atoms with van der Waals surface area (Å²) in [6, 6.07) is 7.76. The van der Waals surface area contributed by atoms with Crippen LogP contribution < -0.4 is 4.74 Å². The fourth-order valence-corrected chi connectivity index (χ4v) is 3.26. The van der Waals surface area contributed by atoms with Crippen LogP contribution in [0.15, 0.2) is 42.5 Å². The monoisotopic (exact) mass is 444 g/mol. The number of ether oxygens (including phenoxy) is 3. The second-order valence-electron chi connectivity index (χ2n) is 7.74. The number of unbranched alkanes of at least 4 members (excludes halogenated alkanes) is 5. The topological polar surface area (TPSA) is 61.8 Å². The van der Waals surface area contributed by atoms with Crippen molar-refractivity contribution < 1.29 is 23.8 Å². The van der Waals surface area contributed by atoms with Gasteiger partial charge < -0.3 is 14.2 Å². The molecule has 5 heteroatoms. The molecule has 1 aromatic rings.